The molecular weight excluding hydrogens is 334 g/mol. The number of hydrogen-bond acceptors (Lipinski definition) is 7. The van der Waals surface area contributed by atoms with Gasteiger partial charge in [0.2, 0.25) is 5.88 Å². The number of aromatic nitrogens is 1. The average Bonchev–Trinajstić information content (AvgIpc) is 2.67. The highest BCUT2D eigenvalue weighted by atomic mass is 16.5. The maximum absolute atomic E-state index is 11.4. The van der Waals surface area contributed by atoms with E-state index in [9.17, 15) is 9.59 Å². The van der Waals surface area contributed by atoms with Crippen LogP contribution in [0.4, 0.5) is 5.69 Å². The van der Waals surface area contributed by atoms with Crippen molar-refractivity contribution in [2.45, 2.75) is 32.2 Å². The van der Waals surface area contributed by atoms with E-state index in [0.29, 0.717) is 25.5 Å². The number of anilines is 1. The van der Waals surface area contributed by atoms with Crippen LogP contribution in [0.2, 0.25) is 0 Å². The van der Waals surface area contributed by atoms with Gasteiger partial charge in [-0.15, -0.1) is 0 Å². The third-order valence-electron chi connectivity index (χ3n) is 4.56. The van der Waals surface area contributed by atoms with Gasteiger partial charge in [-0.3, -0.25) is 14.5 Å². The summed E-state index contributed by atoms with van der Waals surface area (Å²) in [7, 11) is 1.38. The number of rotatable bonds is 9. The van der Waals surface area contributed by atoms with Crippen molar-refractivity contribution in [1.82, 2.24) is 9.88 Å². The van der Waals surface area contributed by atoms with Crippen molar-refractivity contribution in [2.75, 3.05) is 38.7 Å². The van der Waals surface area contributed by atoms with Gasteiger partial charge < -0.3 is 14.8 Å². The van der Waals surface area contributed by atoms with Crippen molar-refractivity contribution < 1.29 is 9.47 Å². The summed E-state index contributed by atoms with van der Waals surface area (Å²) in [6.07, 6.45) is 4.53. The molecule has 1 N–H and O–H groups in total. The molecule has 1 fully saturated rings. The van der Waals surface area contributed by atoms with Crippen LogP contribution < -0.4 is 25.6 Å². The van der Waals surface area contributed by atoms with E-state index in [2.05, 4.69) is 15.2 Å². The van der Waals surface area contributed by atoms with Crippen molar-refractivity contribution in [2.24, 2.45) is 0 Å². The van der Waals surface area contributed by atoms with E-state index in [1.807, 2.05) is 18.2 Å². The summed E-state index contributed by atoms with van der Waals surface area (Å²) in [5.41, 5.74) is 0.200. The van der Waals surface area contributed by atoms with Gasteiger partial charge in [0.15, 0.2) is 5.75 Å². The molecule has 0 bridgehead atoms. The molecule has 0 saturated carbocycles. The Bertz CT molecular complexity index is 792. The van der Waals surface area contributed by atoms with Gasteiger partial charge in [-0.2, -0.15) is 0 Å². The molecule has 1 aliphatic heterocycles. The van der Waals surface area contributed by atoms with E-state index in [-0.39, 0.29) is 11.4 Å². The molecular formula is C19H25N3O4. The molecule has 3 rings (SSSR count). The summed E-state index contributed by atoms with van der Waals surface area (Å²) in [5, 5.41) is 2.93. The lowest BCUT2D eigenvalue weighted by Crippen LogP contribution is -2.35. The van der Waals surface area contributed by atoms with Gasteiger partial charge in [-0.05, 0) is 38.4 Å². The fourth-order valence-corrected chi connectivity index (χ4v) is 3.16. The summed E-state index contributed by atoms with van der Waals surface area (Å²) >= 11 is 0. The van der Waals surface area contributed by atoms with Gasteiger partial charge in [-0.1, -0.05) is 12.5 Å². The largest absolute Gasteiger partial charge is 0.491 e. The van der Waals surface area contributed by atoms with E-state index < -0.39 is 10.9 Å². The van der Waals surface area contributed by atoms with E-state index in [1.165, 1.54) is 26.4 Å². The molecule has 0 radical (unpaired) electrons. The molecule has 0 aliphatic carbocycles. The van der Waals surface area contributed by atoms with Gasteiger partial charge in [-0.25, -0.2) is 4.98 Å². The molecule has 1 aromatic heterocycles. The first kappa shape index (κ1) is 18.4. The topological polar surface area (TPSA) is 80.8 Å². The lowest BCUT2D eigenvalue weighted by Gasteiger charge is -2.26. The minimum atomic E-state index is -0.569. The lowest BCUT2D eigenvalue weighted by atomic mass is 10.1. The van der Waals surface area contributed by atoms with Gasteiger partial charge in [0.05, 0.1) is 19.4 Å². The zero-order valence-corrected chi connectivity index (χ0v) is 15.1. The van der Waals surface area contributed by atoms with Gasteiger partial charge >= 0.3 is 0 Å². The minimum Gasteiger partial charge on any atom is -0.491 e. The van der Waals surface area contributed by atoms with Crippen LogP contribution in [0.1, 0.15) is 31.4 Å². The molecule has 2 aromatic rings. The van der Waals surface area contributed by atoms with Gasteiger partial charge in [0.25, 0.3) is 10.9 Å². The molecule has 26 heavy (non-hydrogen) atoms. The summed E-state index contributed by atoms with van der Waals surface area (Å²) in [5.74, 6) is 0.731. The standard InChI is InChI=1S/C19H25N3O4/c1-25-19-16(17(23)18(19)24)20-9-6-12-26-15-8-5-7-14(21-15)13-22-10-3-2-4-11-22/h5,7-8,20H,2-4,6,9-13H2,1H3. The predicted molar refractivity (Wildman–Crippen MR) is 99.9 cm³/mol. The van der Waals surface area contributed by atoms with Crippen molar-refractivity contribution >= 4 is 5.69 Å². The summed E-state index contributed by atoms with van der Waals surface area (Å²) in [6.45, 7) is 4.14. The fourth-order valence-electron chi connectivity index (χ4n) is 3.16. The Morgan fingerprint density at radius 2 is 1.96 bits per heavy atom. The first-order chi connectivity index (χ1) is 12.7. The number of likely N-dealkylation sites (tertiary alicyclic amines) is 1. The molecule has 1 aliphatic rings. The van der Waals surface area contributed by atoms with Crippen LogP contribution in [0, 0.1) is 0 Å². The average molecular weight is 359 g/mol. The highest BCUT2D eigenvalue weighted by Crippen LogP contribution is 2.16. The highest BCUT2D eigenvalue weighted by Gasteiger charge is 2.20. The third kappa shape index (κ3) is 4.40. The summed E-state index contributed by atoms with van der Waals surface area (Å²) < 4.78 is 10.6. The second-order valence-corrected chi connectivity index (χ2v) is 6.50. The molecule has 0 spiro atoms. The number of nitrogens with zero attached hydrogens (tertiary/aromatic N) is 2. The fraction of sp³-hybridized carbons (Fsp3) is 0.526. The molecule has 1 saturated heterocycles. The maximum atomic E-state index is 11.4. The minimum absolute atomic E-state index is 0.114. The monoisotopic (exact) mass is 359 g/mol. The zero-order chi connectivity index (χ0) is 18.4. The Balaban J connectivity index is 1.40. The molecule has 1 aromatic carbocycles. The second-order valence-electron chi connectivity index (χ2n) is 6.50. The number of ether oxygens (including phenoxy) is 2. The lowest BCUT2D eigenvalue weighted by molar-refractivity contribution is 0.217. The smallest absolute Gasteiger partial charge is 0.271 e. The second kappa shape index (κ2) is 8.80. The summed E-state index contributed by atoms with van der Waals surface area (Å²) in [4.78, 5) is 29.7. The molecule has 7 nitrogen and oxygen atoms in total. The van der Waals surface area contributed by atoms with Gasteiger partial charge in [0.1, 0.15) is 5.69 Å². The van der Waals surface area contributed by atoms with Crippen molar-refractivity contribution in [3.8, 4) is 11.6 Å². The van der Waals surface area contributed by atoms with E-state index in [4.69, 9.17) is 9.47 Å². The van der Waals surface area contributed by atoms with Crippen LogP contribution in [0.15, 0.2) is 27.8 Å². The van der Waals surface area contributed by atoms with Crippen molar-refractivity contribution in [3.63, 3.8) is 0 Å². The Morgan fingerprint density at radius 3 is 2.73 bits per heavy atom. The SMILES string of the molecule is COc1c(NCCCOc2cccc(CN3CCCCC3)n2)c(=O)c1=O. The number of methoxy groups -OCH3 is 1. The molecule has 7 heteroatoms. The van der Waals surface area contributed by atoms with Crippen LogP contribution in [0.5, 0.6) is 11.6 Å². The quantitative estimate of drug-likeness (QED) is 0.537. The molecule has 2 heterocycles. The van der Waals surface area contributed by atoms with Crippen LogP contribution in [-0.4, -0.2) is 43.2 Å². The van der Waals surface area contributed by atoms with E-state index >= 15 is 0 Å². The Morgan fingerprint density at radius 1 is 1.15 bits per heavy atom. The first-order valence-corrected chi connectivity index (χ1v) is 9.11. The molecule has 0 unspecified atom stereocenters. The van der Waals surface area contributed by atoms with Crippen LogP contribution in [0.3, 0.4) is 0 Å². The number of pyridine rings is 1. The van der Waals surface area contributed by atoms with Gasteiger partial charge in [0, 0.05) is 19.2 Å². The van der Waals surface area contributed by atoms with Crippen molar-refractivity contribution in [3.05, 3.63) is 44.3 Å². The van der Waals surface area contributed by atoms with Crippen LogP contribution >= 0.6 is 0 Å². The maximum Gasteiger partial charge on any atom is 0.271 e. The molecule has 0 amide bonds. The van der Waals surface area contributed by atoms with E-state index in [1.54, 1.807) is 0 Å². The zero-order valence-electron chi connectivity index (χ0n) is 15.1. The molecule has 140 valence electrons. The van der Waals surface area contributed by atoms with Crippen molar-refractivity contribution in [1.29, 1.82) is 0 Å². The Hall–Kier alpha value is -2.41. The molecule has 0 atom stereocenters. The van der Waals surface area contributed by atoms with Crippen LogP contribution in [0.25, 0.3) is 0 Å². The Kier molecular flexibility index (Phi) is 6.22. The van der Waals surface area contributed by atoms with Crippen LogP contribution in [-0.2, 0) is 6.54 Å². The summed E-state index contributed by atoms with van der Waals surface area (Å²) in [6, 6.07) is 5.85. The number of piperidine rings is 1. The third-order valence-corrected chi connectivity index (χ3v) is 4.56. The number of hydrogen-bond donors (Lipinski definition) is 1. The highest BCUT2D eigenvalue weighted by molar-refractivity contribution is 5.61. The van der Waals surface area contributed by atoms with E-state index in [0.717, 1.165) is 25.3 Å². The normalized spacial score (nSPS) is 15.1. The first-order valence-electron chi connectivity index (χ1n) is 9.11. The predicted octanol–water partition coefficient (Wildman–Crippen LogP) is 1.55. The Labute approximate surface area is 152 Å². The number of nitrogens with one attached hydrogen (secondary N) is 1.